The van der Waals surface area contributed by atoms with E-state index in [1.54, 1.807) is 6.34 Å². The number of aryl methyl sites for hydroxylation is 1. The molecule has 0 heterocycles. The maximum absolute atomic E-state index is 6.04. The van der Waals surface area contributed by atoms with Gasteiger partial charge in [-0.2, -0.15) is 0 Å². The number of nitrogens with two attached hydrogens (primary N) is 1. The van der Waals surface area contributed by atoms with Gasteiger partial charge in [-0.15, -0.1) is 0 Å². The molecule has 0 aromatic heterocycles. The molecular formula is C21H33N3O. The van der Waals surface area contributed by atoms with Crippen LogP contribution in [0.5, 0.6) is 0 Å². The molecule has 0 aliphatic carbocycles. The Hall–Kier alpha value is -2.07. The third kappa shape index (κ3) is 8.03. The van der Waals surface area contributed by atoms with Crippen molar-refractivity contribution in [2.24, 2.45) is 10.9 Å². The van der Waals surface area contributed by atoms with Crippen molar-refractivity contribution in [3.05, 3.63) is 48.2 Å². The van der Waals surface area contributed by atoms with Gasteiger partial charge in [0, 0.05) is 42.9 Å². The van der Waals surface area contributed by atoms with E-state index in [0.29, 0.717) is 11.6 Å². The lowest BCUT2D eigenvalue weighted by molar-refractivity contribution is 0.121. The smallest absolute Gasteiger partial charge is 0.0949 e. The van der Waals surface area contributed by atoms with Gasteiger partial charge in [0.25, 0.3) is 0 Å². The van der Waals surface area contributed by atoms with E-state index in [0.717, 1.165) is 55.0 Å². The first-order valence-electron chi connectivity index (χ1n) is 8.89. The van der Waals surface area contributed by atoms with Crippen LogP contribution in [0.1, 0.15) is 44.2 Å². The van der Waals surface area contributed by atoms with Crippen molar-refractivity contribution in [3.8, 4) is 0 Å². The van der Waals surface area contributed by atoms with Gasteiger partial charge in [-0.25, -0.2) is 4.99 Å². The lowest BCUT2D eigenvalue weighted by Crippen LogP contribution is -2.15. The van der Waals surface area contributed by atoms with Gasteiger partial charge in [0.15, 0.2) is 0 Å². The summed E-state index contributed by atoms with van der Waals surface area (Å²) in [6, 6.07) is 5.93. The largest absolute Gasteiger partial charge is 0.398 e. The first-order valence-corrected chi connectivity index (χ1v) is 8.89. The molecule has 138 valence electrons. The average Bonchev–Trinajstić information content (AvgIpc) is 2.57. The lowest BCUT2D eigenvalue weighted by Gasteiger charge is -2.18. The van der Waals surface area contributed by atoms with Crippen LogP contribution >= 0.6 is 0 Å². The number of aliphatic imine (C=N–C) groups is 1. The molecule has 0 radical (unpaired) electrons. The van der Waals surface area contributed by atoms with Gasteiger partial charge in [-0.3, -0.25) is 0 Å². The van der Waals surface area contributed by atoms with Crippen molar-refractivity contribution in [1.29, 1.82) is 0 Å². The summed E-state index contributed by atoms with van der Waals surface area (Å²) < 4.78 is 5.61. The second-order valence-electron chi connectivity index (χ2n) is 6.86. The summed E-state index contributed by atoms with van der Waals surface area (Å²) in [5.74, 6) is 0.686. The van der Waals surface area contributed by atoms with E-state index in [9.17, 15) is 0 Å². The fourth-order valence-corrected chi connectivity index (χ4v) is 2.21. The Morgan fingerprint density at radius 1 is 1.32 bits per heavy atom. The van der Waals surface area contributed by atoms with Crippen molar-refractivity contribution < 1.29 is 4.74 Å². The minimum absolute atomic E-state index is 0.686. The predicted octanol–water partition coefficient (Wildman–Crippen LogP) is 4.86. The second kappa shape index (κ2) is 10.7. The number of nitrogen functional groups attached to an aromatic ring is 1. The first-order chi connectivity index (χ1) is 11.8. The Morgan fingerprint density at radius 3 is 2.72 bits per heavy atom. The molecule has 0 saturated heterocycles. The molecule has 1 rings (SSSR count). The fourth-order valence-electron chi connectivity index (χ4n) is 2.21. The van der Waals surface area contributed by atoms with Crippen LogP contribution in [-0.2, 0) is 4.74 Å². The Morgan fingerprint density at radius 2 is 2.04 bits per heavy atom. The van der Waals surface area contributed by atoms with Crippen LogP contribution in [0, 0.1) is 12.8 Å². The molecule has 0 spiro atoms. The van der Waals surface area contributed by atoms with Gasteiger partial charge < -0.3 is 15.4 Å². The topological polar surface area (TPSA) is 50.8 Å². The number of hydrogen-bond acceptors (Lipinski definition) is 3. The normalized spacial score (nSPS) is 11.2. The Bertz CT molecular complexity index is 605. The van der Waals surface area contributed by atoms with Crippen LogP contribution in [-0.4, -0.2) is 31.5 Å². The van der Waals surface area contributed by atoms with Crippen molar-refractivity contribution in [1.82, 2.24) is 4.90 Å². The molecule has 25 heavy (non-hydrogen) atoms. The van der Waals surface area contributed by atoms with Gasteiger partial charge in [-0.05, 0) is 44.2 Å². The molecule has 1 aromatic rings. The van der Waals surface area contributed by atoms with E-state index in [1.807, 2.05) is 37.1 Å². The molecule has 0 atom stereocenters. The third-order valence-electron chi connectivity index (χ3n) is 3.95. The monoisotopic (exact) mass is 343 g/mol. The number of hydrogen-bond donors (Lipinski definition) is 1. The highest BCUT2D eigenvalue weighted by Gasteiger charge is 2.07. The van der Waals surface area contributed by atoms with Crippen LogP contribution in [0.25, 0.3) is 5.70 Å². The number of rotatable bonds is 11. The highest BCUT2D eigenvalue weighted by atomic mass is 16.5. The molecule has 0 amide bonds. The molecule has 0 unspecified atom stereocenters. The number of benzene rings is 1. The Kier molecular flexibility index (Phi) is 9.00. The molecular weight excluding hydrogens is 310 g/mol. The Labute approximate surface area is 153 Å². The summed E-state index contributed by atoms with van der Waals surface area (Å²) in [4.78, 5) is 6.29. The summed E-state index contributed by atoms with van der Waals surface area (Å²) >= 11 is 0. The number of nitrogens with zero attached hydrogens (tertiary/aromatic N) is 2. The maximum atomic E-state index is 6.04. The zero-order valence-corrected chi connectivity index (χ0v) is 16.2. The van der Waals surface area contributed by atoms with Crippen LogP contribution in [0.2, 0.25) is 0 Å². The summed E-state index contributed by atoms with van der Waals surface area (Å²) in [5, 5.41) is 0. The van der Waals surface area contributed by atoms with E-state index in [4.69, 9.17) is 10.5 Å². The molecule has 4 nitrogen and oxygen atoms in total. The fraction of sp³-hybridized carbons (Fsp3) is 0.476. The minimum Gasteiger partial charge on any atom is -0.398 e. The van der Waals surface area contributed by atoms with E-state index < -0.39 is 0 Å². The molecule has 0 fully saturated rings. The van der Waals surface area contributed by atoms with Gasteiger partial charge in [0.1, 0.15) is 0 Å². The van der Waals surface area contributed by atoms with Gasteiger partial charge in [-0.1, -0.05) is 38.6 Å². The quantitative estimate of drug-likeness (QED) is 0.270. The second-order valence-corrected chi connectivity index (χ2v) is 6.86. The van der Waals surface area contributed by atoms with Crippen LogP contribution in [0.4, 0.5) is 5.69 Å². The molecule has 0 bridgehead atoms. The third-order valence-corrected chi connectivity index (χ3v) is 3.95. The highest BCUT2D eigenvalue weighted by molar-refractivity contribution is 5.80. The van der Waals surface area contributed by atoms with E-state index >= 15 is 0 Å². The summed E-state index contributed by atoms with van der Waals surface area (Å²) in [7, 11) is 1.91. The molecule has 0 aliphatic rings. The van der Waals surface area contributed by atoms with Crippen LogP contribution in [0.15, 0.2) is 42.0 Å². The molecule has 0 aliphatic heterocycles. The molecule has 2 N–H and O–H groups in total. The average molecular weight is 344 g/mol. The first kappa shape index (κ1) is 21.0. The maximum Gasteiger partial charge on any atom is 0.0949 e. The van der Waals surface area contributed by atoms with Crippen molar-refractivity contribution in [2.75, 3.05) is 26.0 Å². The van der Waals surface area contributed by atoms with Crippen molar-refractivity contribution >= 4 is 17.7 Å². The Balaban J connectivity index is 2.40. The van der Waals surface area contributed by atoms with E-state index in [1.165, 1.54) is 0 Å². The predicted molar refractivity (Wildman–Crippen MR) is 110 cm³/mol. The lowest BCUT2D eigenvalue weighted by atomic mass is 10.1. The van der Waals surface area contributed by atoms with Crippen molar-refractivity contribution in [3.63, 3.8) is 0 Å². The van der Waals surface area contributed by atoms with Crippen LogP contribution < -0.4 is 5.73 Å². The van der Waals surface area contributed by atoms with E-state index in [2.05, 4.69) is 32.0 Å². The minimum atomic E-state index is 0.686. The summed E-state index contributed by atoms with van der Waals surface area (Å²) in [6.45, 7) is 16.1. The van der Waals surface area contributed by atoms with Gasteiger partial charge in [0.2, 0.25) is 0 Å². The van der Waals surface area contributed by atoms with Gasteiger partial charge >= 0.3 is 0 Å². The number of allylic oxidation sites excluding steroid dienone is 1. The highest BCUT2D eigenvalue weighted by Crippen LogP contribution is 2.23. The summed E-state index contributed by atoms with van der Waals surface area (Å²) in [6.07, 6.45) is 4.61. The molecule has 0 saturated carbocycles. The zero-order chi connectivity index (χ0) is 18.8. The van der Waals surface area contributed by atoms with Crippen molar-refractivity contribution in [2.45, 2.75) is 40.0 Å². The van der Waals surface area contributed by atoms with Gasteiger partial charge in [0.05, 0.1) is 6.34 Å². The van der Waals surface area contributed by atoms with Crippen LogP contribution in [0.3, 0.4) is 0 Å². The molecule has 1 aromatic carbocycles. The standard InChI is InChI=1S/C21H33N3O/c1-16(2)11-13-25-12-7-8-18(4)23-15-24(6)19(5)20-14-17(3)9-10-21(20)22/h9-10,14-16H,4-5,7-8,11-13,22H2,1-3,6H3. The zero-order valence-electron chi connectivity index (χ0n) is 16.2. The summed E-state index contributed by atoms with van der Waals surface area (Å²) in [5.41, 5.74) is 10.5. The van der Waals surface area contributed by atoms with E-state index in [-0.39, 0.29) is 0 Å². The SMILES string of the molecule is C=C(CCCOCCC(C)C)N=CN(C)C(=C)c1cc(C)ccc1N. The molecule has 4 heteroatoms. The number of anilines is 1. The number of ether oxygens (including phenoxy) is 1.